The number of para-hydroxylation sites is 1. The Morgan fingerprint density at radius 2 is 1.76 bits per heavy atom. The van der Waals surface area contributed by atoms with Gasteiger partial charge in [-0.3, -0.25) is 14.9 Å². The number of benzene rings is 2. The number of nitro benzene ring substituents is 1. The van der Waals surface area contributed by atoms with E-state index in [-0.39, 0.29) is 30.0 Å². The number of aromatic nitrogens is 1. The van der Waals surface area contributed by atoms with Gasteiger partial charge in [0.2, 0.25) is 5.91 Å². The lowest BCUT2D eigenvalue weighted by Gasteiger charge is -2.21. The number of carbonyl (C=O) groups is 3. The molecule has 10 heteroatoms. The molecule has 1 amide bonds. The molecule has 3 rings (SSSR count). The zero-order chi connectivity index (χ0) is 24.7. The average Bonchev–Trinajstić information content (AvgIpc) is 3.32. The summed E-state index contributed by atoms with van der Waals surface area (Å²) in [6.45, 7) is 1.67. The first-order chi connectivity index (χ1) is 16.4. The van der Waals surface area contributed by atoms with Crippen molar-refractivity contribution in [3.63, 3.8) is 0 Å². The minimum Gasteiger partial charge on any atom is -0.464 e. The summed E-state index contributed by atoms with van der Waals surface area (Å²) in [7, 11) is 1.26. The van der Waals surface area contributed by atoms with E-state index in [9.17, 15) is 24.5 Å². The number of methoxy groups -OCH3 is 1. The van der Waals surface area contributed by atoms with E-state index in [2.05, 4.69) is 5.32 Å². The van der Waals surface area contributed by atoms with Crippen LogP contribution in [-0.2, 0) is 14.3 Å². The average molecular weight is 465 g/mol. The van der Waals surface area contributed by atoms with Crippen LogP contribution < -0.4 is 5.32 Å². The Morgan fingerprint density at radius 1 is 1.03 bits per heavy atom. The van der Waals surface area contributed by atoms with Crippen molar-refractivity contribution < 1.29 is 28.8 Å². The van der Waals surface area contributed by atoms with Crippen molar-refractivity contribution >= 4 is 29.2 Å². The Hall–Kier alpha value is -4.47. The van der Waals surface area contributed by atoms with Gasteiger partial charge in [0, 0.05) is 12.3 Å². The van der Waals surface area contributed by atoms with Crippen LogP contribution in [0.4, 0.5) is 11.4 Å². The fourth-order valence-electron chi connectivity index (χ4n) is 3.56. The first-order valence-corrected chi connectivity index (χ1v) is 10.4. The second-order valence-corrected chi connectivity index (χ2v) is 7.15. The van der Waals surface area contributed by atoms with Crippen molar-refractivity contribution in [2.24, 2.45) is 0 Å². The number of ether oxygens (including phenoxy) is 2. The first kappa shape index (κ1) is 24.2. The minimum atomic E-state index is -0.792. The molecule has 0 bridgehead atoms. The van der Waals surface area contributed by atoms with Crippen molar-refractivity contribution in [1.82, 2.24) is 4.57 Å². The predicted octanol–water partition coefficient (Wildman–Crippen LogP) is 3.98. The highest BCUT2D eigenvalue weighted by atomic mass is 16.6. The van der Waals surface area contributed by atoms with E-state index in [0.29, 0.717) is 0 Å². The van der Waals surface area contributed by atoms with E-state index in [1.807, 2.05) is 6.07 Å². The van der Waals surface area contributed by atoms with Gasteiger partial charge in [0.05, 0.1) is 36.7 Å². The number of hydrogen-bond acceptors (Lipinski definition) is 7. The van der Waals surface area contributed by atoms with Crippen molar-refractivity contribution in [2.75, 3.05) is 19.0 Å². The van der Waals surface area contributed by atoms with Gasteiger partial charge in [-0.15, -0.1) is 0 Å². The van der Waals surface area contributed by atoms with Crippen molar-refractivity contribution in [2.45, 2.75) is 19.4 Å². The van der Waals surface area contributed by atoms with E-state index >= 15 is 0 Å². The zero-order valence-electron chi connectivity index (χ0n) is 18.6. The second kappa shape index (κ2) is 10.9. The number of anilines is 1. The van der Waals surface area contributed by atoms with Crippen LogP contribution in [0.5, 0.6) is 0 Å². The molecule has 0 aliphatic rings. The van der Waals surface area contributed by atoms with Crippen LogP contribution >= 0.6 is 0 Å². The van der Waals surface area contributed by atoms with E-state index < -0.39 is 34.5 Å². The SMILES string of the molecule is CCOC(=O)c1cccc([N+](=O)[O-])c1NC(=O)CC(c1ccccc1)n1cccc1C(=O)OC. The Bertz CT molecular complexity index is 1200. The number of carbonyl (C=O) groups excluding carboxylic acids is 3. The molecule has 0 spiro atoms. The molecule has 0 aliphatic heterocycles. The van der Waals surface area contributed by atoms with Gasteiger partial charge in [-0.25, -0.2) is 9.59 Å². The van der Waals surface area contributed by atoms with Crippen LogP contribution in [0.25, 0.3) is 0 Å². The molecular weight excluding hydrogens is 442 g/mol. The van der Waals surface area contributed by atoms with E-state index in [0.717, 1.165) is 5.56 Å². The summed E-state index contributed by atoms with van der Waals surface area (Å²) in [4.78, 5) is 48.6. The summed E-state index contributed by atoms with van der Waals surface area (Å²) in [5.74, 6) is -1.97. The second-order valence-electron chi connectivity index (χ2n) is 7.15. The largest absolute Gasteiger partial charge is 0.464 e. The summed E-state index contributed by atoms with van der Waals surface area (Å²) in [6.07, 6.45) is 1.46. The fraction of sp³-hybridized carbons (Fsp3) is 0.208. The van der Waals surface area contributed by atoms with E-state index in [4.69, 9.17) is 9.47 Å². The van der Waals surface area contributed by atoms with Crippen molar-refractivity contribution in [1.29, 1.82) is 0 Å². The highest BCUT2D eigenvalue weighted by molar-refractivity contribution is 6.04. The Labute approximate surface area is 195 Å². The quantitative estimate of drug-likeness (QED) is 0.287. The van der Waals surface area contributed by atoms with Gasteiger partial charge in [0.1, 0.15) is 11.4 Å². The monoisotopic (exact) mass is 465 g/mol. The summed E-state index contributed by atoms with van der Waals surface area (Å²) in [5.41, 5.74) is 0.154. The molecule has 1 unspecified atom stereocenters. The van der Waals surface area contributed by atoms with Gasteiger partial charge >= 0.3 is 11.9 Å². The summed E-state index contributed by atoms with van der Waals surface area (Å²) < 4.78 is 11.4. The van der Waals surface area contributed by atoms with Crippen LogP contribution in [-0.4, -0.2) is 41.1 Å². The molecule has 1 aromatic heterocycles. The molecular formula is C24H23N3O7. The third-order valence-corrected chi connectivity index (χ3v) is 5.07. The lowest BCUT2D eigenvalue weighted by Crippen LogP contribution is -2.24. The van der Waals surface area contributed by atoms with E-state index in [1.54, 1.807) is 54.1 Å². The number of rotatable bonds is 9. The lowest BCUT2D eigenvalue weighted by atomic mass is 10.0. The molecule has 0 saturated carbocycles. The molecule has 34 heavy (non-hydrogen) atoms. The number of nitro groups is 1. The molecule has 1 heterocycles. The minimum absolute atomic E-state index is 0.0644. The highest BCUT2D eigenvalue weighted by Gasteiger charge is 2.27. The van der Waals surface area contributed by atoms with Crippen molar-refractivity contribution in [3.05, 3.63) is 93.8 Å². The Balaban J connectivity index is 1.98. The third-order valence-electron chi connectivity index (χ3n) is 5.07. The predicted molar refractivity (Wildman–Crippen MR) is 123 cm³/mol. The first-order valence-electron chi connectivity index (χ1n) is 10.4. The van der Waals surface area contributed by atoms with Crippen LogP contribution in [0.2, 0.25) is 0 Å². The summed E-state index contributed by atoms with van der Waals surface area (Å²) >= 11 is 0. The molecule has 3 aromatic rings. The van der Waals surface area contributed by atoms with Crippen molar-refractivity contribution in [3.8, 4) is 0 Å². The molecule has 0 aliphatic carbocycles. The molecule has 2 aromatic carbocycles. The Kier molecular flexibility index (Phi) is 7.75. The number of esters is 2. The van der Waals surface area contributed by atoms with Gasteiger partial charge in [0.25, 0.3) is 5.69 Å². The van der Waals surface area contributed by atoms with Gasteiger partial charge in [-0.1, -0.05) is 36.4 Å². The number of nitrogens with zero attached hydrogens (tertiary/aromatic N) is 2. The molecule has 0 fully saturated rings. The molecule has 1 atom stereocenters. The molecule has 176 valence electrons. The maximum atomic E-state index is 13.1. The topological polar surface area (TPSA) is 130 Å². The smallest absolute Gasteiger partial charge is 0.354 e. The Morgan fingerprint density at radius 3 is 2.41 bits per heavy atom. The lowest BCUT2D eigenvalue weighted by molar-refractivity contribution is -0.384. The standard InChI is InChI=1S/C24H23N3O7/c1-3-34-23(29)17-11-7-12-18(27(31)32)22(17)25-21(28)15-20(16-9-5-4-6-10-16)26-14-8-13-19(26)24(30)33-2/h4-14,20H,3,15H2,1-2H3,(H,25,28). The maximum Gasteiger partial charge on any atom is 0.354 e. The molecule has 0 radical (unpaired) electrons. The third kappa shape index (κ3) is 5.29. The molecule has 1 N–H and O–H groups in total. The number of nitrogens with one attached hydrogen (secondary N) is 1. The summed E-state index contributed by atoms with van der Waals surface area (Å²) in [6, 6.07) is 15.5. The van der Waals surface area contributed by atoms with Gasteiger partial charge in [0.15, 0.2) is 0 Å². The van der Waals surface area contributed by atoms with Gasteiger partial charge in [-0.2, -0.15) is 0 Å². The normalized spacial score (nSPS) is 11.4. The fourth-order valence-corrected chi connectivity index (χ4v) is 3.56. The zero-order valence-corrected chi connectivity index (χ0v) is 18.6. The van der Waals surface area contributed by atoms with Crippen LogP contribution in [0.3, 0.4) is 0 Å². The molecule has 0 saturated heterocycles. The number of amides is 1. The van der Waals surface area contributed by atoms with E-state index in [1.165, 1.54) is 25.3 Å². The van der Waals surface area contributed by atoms with Crippen LogP contribution in [0, 0.1) is 10.1 Å². The molecule has 10 nitrogen and oxygen atoms in total. The van der Waals surface area contributed by atoms with Crippen LogP contribution in [0.15, 0.2) is 66.9 Å². The van der Waals surface area contributed by atoms with Gasteiger partial charge < -0.3 is 19.4 Å². The number of hydrogen-bond donors (Lipinski definition) is 1. The maximum absolute atomic E-state index is 13.1. The van der Waals surface area contributed by atoms with Gasteiger partial charge in [-0.05, 0) is 30.7 Å². The highest BCUT2D eigenvalue weighted by Crippen LogP contribution is 2.31. The summed E-state index contributed by atoms with van der Waals surface area (Å²) in [5, 5.41) is 14.1. The van der Waals surface area contributed by atoms with Crippen LogP contribution in [0.1, 0.15) is 45.8 Å².